The van der Waals surface area contributed by atoms with Crippen molar-refractivity contribution in [3.05, 3.63) is 48.0 Å². The molecule has 1 unspecified atom stereocenters. The second kappa shape index (κ2) is 12.0. The van der Waals surface area contributed by atoms with Crippen LogP contribution in [0.15, 0.2) is 47.4 Å². The largest absolute Gasteiger partial charge is 0.493 e. The van der Waals surface area contributed by atoms with Crippen molar-refractivity contribution in [3.8, 4) is 11.5 Å². The molecule has 0 bridgehead atoms. The van der Waals surface area contributed by atoms with Gasteiger partial charge >= 0.3 is 0 Å². The summed E-state index contributed by atoms with van der Waals surface area (Å²) in [4.78, 5) is 21.6. The minimum Gasteiger partial charge on any atom is -0.493 e. The van der Waals surface area contributed by atoms with Gasteiger partial charge in [-0.3, -0.25) is 9.69 Å². The predicted molar refractivity (Wildman–Crippen MR) is 139 cm³/mol. The van der Waals surface area contributed by atoms with Gasteiger partial charge in [-0.25, -0.2) is 0 Å². The Hall–Kier alpha value is -2.22. The number of ether oxygens (including phenoxy) is 2. The summed E-state index contributed by atoms with van der Waals surface area (Å²) in [6.07, 6.45) is 2.62. The summed E-state index contributed by atoms with van der Waals surface area (Å²) >= 11 is 1.88. The predicted octanol–water partition coefficient (Wildman–Crippen LogP) is 4.52. The van der Waals surface area contributed by atoms with Crippen molar-refractivity contribution in [3.63, 3.8) is 0 Å². The average molecular weight is 484 g/mol. The maximum Gasteiger partial charge on any atom is 0.228 e. The van der Waals surface area contributed by atoms with E-state index in [4.69, 9.17) is 9.47 Å². The zero-order chi connectivity index (χ0) is 23.9. The molecule has 2 aromatic rings. The highest BCUT2D eigenvalue weighted by Gasteiger charge is 2.29. The van der Waals surface area contributed by atoms with E-state index in [0.29, 0.717) is 12.5 Å². The third kappa shape index (κ3) is 5.88. The standard InChI is InChI=1S/C27H37N3O3S/c1-4-22-12-18-34-26-8-6-5-7-23(26)30(22)27(31)11-13-28-14-16-29(17-15-28)20-21-9-10-24(32-2)25(19-21)33-3/h5-10,19,22H,4,11-18,20H2,1-3H3. The normalized spacial score (nSPS) is 19.4. The number of piperazine rings is 1. The maximum atomic E-state index is 13.4. The van der Waals surface area contributed by atoms with E-state index in [0.717, 1.165) is 75.0 Å². The molecule has 0 N–H and O–H groups in total. The molecule has 1 amide bonds. The molecule has 2 heterocycles. The second-order valence-corrected chi connectivity index (χ2v) is 10.1. The molecule has 7 heteroatoms. The molecule has 2 aromatic carbocycles. The summed E-state index contributed by atoms with van der Waals surface area (Å²) in [6, 6.07) is 14.8. The number of hydrogen-bond acceptors (Lipinski definition) is 6. The highest BCUT2D eigenvalue weighted by atomic mass is 32.2. The van der Waals surface area contributed by atoms with E-state index in [9.17, 15) is 4.79 Å². The number of carbonyl (C=O) groups excluding carboxylic acids is 1. The van der Waals surface area contributed by atoms with Crippen molar-refractivity contribution in [2.45, 2.75) is 43.7 Å². The molecule has 1 saturated heterocycles. The number of rotatable bonds is 8. The Labute approximate surface area is 208 Å². The van der Waals surface area contributed by atoms with E-state index in [-0.39, 0.29) is 5.91 Å². The Bertz CT molecular complexity index is 962. The van der Waals surface area contributed by atoms with Crippen molar-refractivity contribution in [1.29, 1.82) is 0 Å². The van der Waals surface area contributed by atoms with E-state index in [1.54, 1.807) is 14.2 Å². The first-order valence-electron chi connectivity index (χ1n) is 12.3. The summed E-state index contributed by atoms with van der Waals surface area (Å²) in [7, 11) is 3.34. The lowest BCUT2D eigenvalue weighted by Gasteiger charge is -2.35. The third-order valence-corrected chi connectivity index (χ3v) is 8.00. The van der Waals surface area contributed by atoms with Crippen LogP contribution < -0.4 is 14.4 Å². The number of fused-ring (bicyclic) bond motifs is 1. The lowest BCUT2D eigenvalue weighted by Crippen LogP contribution is -2.47. The SMILES string of the molecule is CCC1CCSc2ccccc2N1C(=O)CCN1CCN(Cc2ccc(OC)c(OC)c2)CC1. The number of nitrogens with zero attached hydrogens (tertiary/aromatic N) is 3. The maximum absolute atomic E-state index is 13.4. The van der Waals surface area contributed by atoms with Crippen LogP contribution in [-0.2, 0) is 11.3 Å². The fraction of sp³-hybridized carbons (Fsp3) is 0.519. The van der Waals surface area contributed by atoms with Crippen molar-refractivity contribution in [2.75, 3.05) is 57.6 Å². The van der Waals surface area contributed by atoms with Gasteiger partial charge in [-0.2, -0.15) is 0 Å². The molecule has 1 atom stereocenters. The van der Waals surface area contributed by atoms with Gasteiger partial charge in [0, 0.05) is 62.4 Å². The Balaban J connectivity index is 1.30. The van der Waals surface area contributed by atoms with Crippen LogP contribution in [0.2, 0.25) is 0 Å². The highest BCUT2D eigenvalue weighted by Crippen LogP contribution is 2.37. The summed E-state index contributed by atoms with van der Waals surface area (Å²) in [5.41, 5.74) is 2.33. The monoisotopic (exact) mass is 483 g/mol. The van der Waals surface area contributed by atoms with Gasteiger partial charge in [-0.1, -0.05) is 25.1 Å². The van der Waals surface area contributed by atoms with Crippen molar-refractivity contribution in [2.24, 2.45) is 0 Å². The number of amides is 1. The molecule has 0 aromatic heterocycles. The molecule has 1 fully saturated rings. The first-order chi connectivity index (χ1) is 16.6. The molecule has 0 saturated carbocycles. The molecule has 0 spiro atoms. The molecule has 2 aliphatic rings. The molecular formula is C27H37N3O3S. The van der Waals surface area contributed by atoms with Crippen molar-refractivity contribution in [1.82, 2.24) is 9.80 Å². The summed E-state index contributed by atoms with van der Waals surface area (Å²) in [6.45, 7) is 7.90. The minimum atomic E-state index is 0.259. The Morgan fingerprint density at radius 1 is 1.00 bits per heavy atom. The third-order valence-electron chi connectivity index (χ3n) is 6.90. The van der Waals surface area contributed by atoms with Gasteiger partial charge < -0.3 is 19.3 Å². The zero-order valence-corrected chi connectivity index (χ0v) is 21.5. The van der Waals surface area contributed by atoms with Gasteiger partial charge in [0.1, 0.15) is 0 Å². The molecule has 184 valence electrons. The van der Waals surface area contributed by atoms with Gasteiger partial charge in [0.05, 0.1) is 19.9 Å². The first kappa shape index (κ1) is 24.9. The van der Waals surface area contributed by atoms with Gasteiger partial charge in [0.25, 0.3) is 0 Å². The number of hydrogen-bond donors (Lipinski definition) is 0. The van der Waals surface area contributed by atoms with Crippen LogP contribution >= 0.6 is 11.8 Å². The number of anilines is 1. The number of methoxy groups -OCH3 is 2. The van der Waals surface area contributed by atoms with Crippen molar-refractivity contribution < 1.29 is 14.3 Å². The van der Waals surface area contributed by atoms with Gasteiger partial charge in [0.15, 0.2) is 11.5 Å². The van der Waals surface area contributed by atoms with Crippen LogP contribution in [0.5, 0.6) is 11.5 Å². The van der Waals surface area contributed by atoms with Gasteiger partial charge in [-0.15, -0.1) is 11.8 Å². The van der Waals surface area contributed by atoms with Crippen LogP contribution in [0.3, 0.4) is 0 Å². The molecule has 2 aliphatic heterocycles. The van der Waals surface area contributed by atoms with E-state index in [2.05, 4.69) is 58.0 Å². The van der Waals surface area contributed by atoms with Crippen LogP contribution in [0.1, 0.15) is 31.7 Å². The first-order valence-corrected chi connectivity index (χ1v) is 13.3. The Kier molecular flexibility index (Phi) is 8.75. The van der Waals surface area contributed by atoms with Gasteiger partial charge in [0.2, 0.25) is 5.91 Å². The summed E-state index contributed by atoms with van der Waals surface area (Å²) in [5.74, 6) is 2.86. The highest BCUT2D eigenvalue weighted by molar-refractivity contribution is 7.99. The lowest BCUT2D eigenvalue weighted by molar-refractivity contribution is -0.119. The zero-order valence-electron chi connectivity index (χ0n) is 20.7. The quantitative estimate of drug-likeness (QED) is 0.550. The van der Waals surface area contributed by atoms with E-state index >= 15 is 0 Å². The second-order valence-electron chi connectivity index (χ2n) is 8.99. The number of carbonyl (C=O) groups is 1. The minimum absolute atomic E-state index is 0.259. The summed E-state index contributed by atoms with van der Waals surface area (Å²) in [5, 5.41) is 0. The number of para-hydroxylation sites is 1. The van der Waals surface area contributed by atoms with E-state index in [1.165, 1.54) is 10.5 Å². The Morgan fingerprint density at radius 3 is 2.47 bits per heavy atom. The number of benzene rings is 2. The molecule has 34 heavy (non-hydrogen) atoms. The summed E-state index contributed by atoms with van der Waals surface area (Å²) < 4.78 is 10.8. The lowest BCUT2D eigenvalue weighted by atomic mass is 10.1. The van der Waals surface area contributed by atoms with Crippen molar-refractivity contribution >= 4 is 23.4 Å². The van der Waals surface area contributed by atoms with Crippen LogP contribution in [0, 0.1) is 0 Å². The molecule has 6 nitrogen and oxygen atoms in total. The molecular weight excluding hydrogens is 446 g/mol. The Morgan fingerprint density at radius 2 is 1.74 bits per heavy atom. The molecule has 0 aliphatic carbocycles. The smallest absolute Gasteiger partial charge is 0.228 e. The molecule has 4 rings (SSSR count). The van der Waals surface area contributed by atoms with Crippen LogP contribution in [0.4, 0.5) is 5.69 Å². The van der Waals surface area contributed by atoms with Gasteiger partial charge in [-0.05, 0) is 42.7 Å². The van der Waals surface area contributed by atoms with Crippen LogP contribution in [0.25, 0.3) is 0 Å². The van der Waals surface area contributed by atoms with Crippen LogP contribution in [-0.4, -0.2) is 74.4 Å². The fourth-order valence-electron chi connectivity index (χ4n) is 4.92. The molecule has 0 radical (unpaired) electrons. The topological polar surface area (TPSA) is 45.3 Å². The average Bonchev–Trinajstić information content (AvgIpc) is 3.07. The van der Waals surface area contributed by atoms with E-state index < -0.39 is 0 Å². The number of thioether (sulfide) groups is 1. The van der Waals surface area contributed by atoms with E-state index in [1.807, 2.05) is 17.8 Å². The fourth-order valence-corrected chi connectivity index (χ4v) is 6.01.